The Morgan fingerprint density at radius 1 is 1.13 bits per heavy atom. The monoisotopic (exact) mass is 534 g/mol. The van der Waals surface area contributed by atoms with E-state index >= 15 is 0 Å². The first kappa shape index (κ1) is 20.0. The van der Waals surface area contributed by atoms with E-state index in [-0.39, 0.29) is 45.9 Å². The predicted octanol–water partition coefficient (Wildman–Crippen LogP) is 6.36. The van der Waals surface area contributed by atoms with Gasteiger partial charge in [-0.1, -0.05) is 6.07 Å². The standard InChI is InChI=1S/C28H22F3N7O/c1-17-5-6-19(10-25(17)37-27-33-9-7-24(36-27)20-4-3-8-32-14-20)26(39)35-22-11-21(28(29,30)31)12-23(13-22)38-15-18(2)34-16-38/h3-16H,1-2H3,(H,35,39)(H,33,36,37)/i1D3,7D,9D. The van der Waals surface area contributed by atoms with E-state index in [1.54, 1.807) is 19.1 Å². The van der Waals surface area contributed by atoms with Crippen LogP contribution in [-0.4, -0.2) is 30.4 Å². The second-order valence-corrected chi connectivity index (χ2v) is 8.40. The van der Waals surface area contributed by atoms with Gasteiger partial charge in [0.15, 0.2) is 0 Å². The van der Waals surface area contributed by atoms with Crippen LogP contribution < -0.4 is 10.6 Å². The third-order valence-corrected chi connectivity index (χ3v) is 5.53. The summed E-state index contributed by atoms with van der Waals surface area (Å²) in [7, 11) is 0. The number of anilines is 3. The van der Waals surface area contributed by atoms with Crippen LogP contribution in [0, 0.1) is 13.8 Å². The number of amides is 1. The molecule has 196 valence electrons. The van der Waals surface area contributed by atoms with Crippen LogP contribution in [-0.2, 0) is 6.18 Å². The predicted molar refractivity (Wildman–Crippen MR) is 141 cm³/mol. The summed E-state index contributed by atoms with van der Waals surface area (Å²) < 4.78 is 82.6. The Bertz CT molecular complexity index is 1860. The first-order valence-electron chi connectivity index (χ1n) is 13.9. The fraction of sp³-hybridized carbons (Fsp3) is 0.107. The molecule has 2 N–H and O–H groups in total. The summed E-state index contributed by atoms with van der Waals surface area (Å²) in [4.78, 5) is 29.5. The molecule has 39 heavy (non-hydrogen) atoms. The first-order chi connectivity index (χ1) is 20.7. The Labute approximate surface area is 228 Å². The number of alkyl halides is 3. The minimum atomic E-state index is -4.70. The number of benzene rings is 2. The highest BCUT2D eigenvalue weighted by atomic mass is 19.4. The van der Waals surface area contributed by atoms with Crippen molar-refractivity contribution in [3.63, 3.8) is 0 Å². The third-order valence-electron chi connectivity index (χ3n) is 5.53. The van der Waals surface area contributed by atoms with Gasteiger partial charge in [0, 0.05) is 57.1 Å². The van der Waals surface area contributed by atoms with Crippen LogP contribution in [0.15, 0.2) is 85.7 Å². The van der Waals surface area contributed by atoms with Gasteiger partial charge in [-0.05, 0) is 67.8 Å². The van der Waals surface area contributed by atoms with E-state index in [1.165, 1.54) is 53.8 Å². The van der Waals surface area contributed by atoms with Crippen molar-refractivity contribution < 1.29 is 24.8 Å². The molecule has 0 spiro atoms. The second-order valence-electron chi connectivity index (χ2n) is 8.40. The lowest BCUT2D eigenvalue weighted by atomic mass is 10.1. The number of rotatable bonds is 6. The van der Waals surface area contributed by atoms with Gasteiger partial charge >= 0.3 is 6.18 Å². The van der Waals surface area contributed by atoms with E-state index in [0.29, 0.717) is 11.3 Å². The summed E-state index contributed by atoms with van der Waals surface area (Å²) in [5.41, 5.74) is -0.379. The van der Waals surface area contributed by atoms with Gasteiger partial charge in [0.25, 0.3) is 5.91 Å². The van der Waals surface area contributed by atoms with E-state index in [0.717, 1.165) is 12.1 Å². The molecule has 8 nitrogen and oxygen atoms in total. The van der Waals surface area contributed by atoms with Gasteiger partial charge in [-0.2, -0.15) is 13.2 Å². The zero-order chi connectivity index (χ0) is 31.8. The van der Waals surface area contributed by atoms with Crippen LogP contribution in [0.3, 0.4) is 0 Å². The van der Waals surface area contributed by atoms with Crippen LogP contribution in [0.5, 0.6) is 0 Å². The Morgan fingerprint density at radius 3 is 2.72 bits per heavy atom. The van der Waals surface area contributed by atoms with Crippen LogP contribution in [0.2, 0.25) is 0 Å². The Kier molecular flexibility index (Phi) is 5.31. The third kappa shape index (κ3) is 5.93. The van der Waals surface area contributed by atoms with Gasteiger partial charge in [0.05, 0.1) is 26.0 Å². The molecule has 3 heterocycles. The largest absolute Gasteiger partial charge is 0.416 e. The zero-order valence-corrected chi connectivity index (χ0v) is 20.2. The molecule has 5 rings (SSSR count). The zero-order valence-electron chi connectivity index (χ0n) is 25.2. The van der Waals surface area contributed by atoms with Gasteiger partial charge in [-0.15, -0.1) is 0 Å². The van der Waals surface area contributed by atoms with Crippen molar-refractivity contribution in [3.05, 3.63) is 108 Å². The molecule has 5 aromatic rings. The molecule has 11 heteroatoms. The molecule has 0 aliphatic rings. The molecular weight excluding hydrogens is 507 g/mol. The van der Waals surface area contributed by atoms with Crippen molar-refractivity contribution in [1.82, 2.24) is 24.5 Å². The molecule has 0 fully saturated rings. The van der Waals surface area contributed by atoms with Crippen molar-refractivity contribution >= 4 is 23.2 Å². The second kappa shape index (κ2) is 10.4. The lowest BCUT2D eigenvalue weighted by molar-refractivity contribution is -0.137. The van der Waals surface area contributed by atoms with Gasteiger partial charge < -0.3 is 15.2 Å². The van der Waals surface area contributed by atoms with Crippen molar-refractivity contribution in [2.45, 2.75) is 20.0 Å². The van der Waals surface area contributed by atoms with Crippen LogP contribution in [0.25, 0.3) is 16.9 Å². The van der Waals surface area contributed by atoms with Crippen LogP contribution in [0.4, 0.5) is 30.5 Å². The van der Waals surface area contributed by atoms with E-state index in [1.807, 2.05) is 0 Å². The number of pyridine rings is 1. The smallest absolute Gasteiger partial charge is 0.324 e. The Hall–Kier alpha value is -5.06. The number of nitrogens with one attached hydrogen (secondary N) is 2. The first-order valence-corrected chi connectivity index (χ1v) is 11.4. The SMILES string of the molecule is [2H]c1nc(Nc2cc(C(=O)Nc3cc(-n4cnc(C)c4)cc(C(F)(F)F)c3)ccc2C([2H])([2H])[2H])nc(-c2cccnc2)c1[2H]. The number of aromatic nitrogens is 5. The van der Waals surface area contributed by atoms with E-state index < -0.39 is 30.7 Å². The van der Waals surface area contributed by atoms with Crippen molar-refractivity contribution in [2.24, 2.45) is 0 Å². The maximum Gasteiger partial charge on any atom is 0.416 e. The fourth-order valence-electron chi connectivity index (χ4n) is 3.66. The number of carbonyl (C=O) groups excluding carboxylic acids is 1. The lowest BCUT2D eigenvalue weighted by Crippen LogP contribution is -2.14. The van der Waals surface area contributed by atoms with Gasteiger partial charge in [0.1, 0.15) is 0 Å². The van der Waals surface area contributed by atoms with Gasteiger partial charge in [-0.3, -0.25) is 9.78 Å². The number of aryl methyl sites for hydroxylation is 2. The lowest BCUT2D eigenvalue weighted by Gasteiger charge is -2.14. The quantitative estimate of drug-likeness (QED) is 0.263. The summed E-state index contributed by atoms with van der Waals surface area (Å²) in [5.74, 6) is -1.04. The van der Waals surface area contributed by atoms with Gasteiger partial charge in [0.2, 0.25) is 5.95 Å². The van der Waals surface area contributed by atoms with Crippen molar-refractivity contribution in [1.29, 1.82) is 0 Å². The number of nitrogens with zero attached hydrogens (tertiary/aromatic N) is 5. The van der Waals surface area contributed by atoms with Crippen molar-refractivity contribution in [2.75, 3.05) is 10.6 Å². The maximum atomic E-state index is 13.7. The molecule has 1 amide bonds. The minimum Gasteiger partial charge on any atom is -0.324 e. The fourth-order valence-corrected chi connectivity index (χ4v) is 3.66. The summed E-state index contributed by atoms with van der Waals surface area (Å²) in [6.07, 6.45) is 0.689. The minimum absolute atomic E-state index is 0.0679. The topological polar surface area (TPSA) is 97.6 Å². The molecule has 0 saturated carbocycles. The summed E-state index contributed by atoms with van der Waals surface area (Å²) in [5, 5.41) is 5.18. The highest BCUT2D eigenvalue weighted by Gasteiger charge is 2.31. The maximum absolute atomic E-state index is 13.7. The van der Waals surface area contributed by atoms with Crippen molar-refractivity contribution in [3.8, 4) is 16.9 Å². The molecule has 0 aliphatic carbocycles. The highest BCUT2D eigenvalue weighted by molar-refractivity contribution is 6.05. The average molecular weight is 535 g/mol. The normalized spacial score (nSPS) is 13.5. The molecule has 0 atom stereocenters. The molecule has 3 aromatic heterocycles. The van der Waals surface area contributed by atoms with E-state index in [2.05, 4.69) is 30.6 Å². The van der Waals surface area contributed by atoms with E-state index in [4.69, 9.17) is 6.85 Å². The number of halogens is 3. The molecular formula is C28H22F3N7O. The van der Waals surface area contributed by atoms with E-state index in [9.17, 15) is 18.0 Å². The number of hydrogen-bond acceptors (Lipinski definition) is 6. The highest BCUT2D eigenvalue weighted by Crippen LogP contribution is 2.33. The summed E-state index contributed by atoms with van der Waals surface area (Å²) in [6, 6.07) is 9.61. The molecule has 0 aliphatic heterocycles. The molecule has 0 saturated heterocycles. The number of carbonyl (C=O) groups is 1. The average Bonchev–Trinajstić information content (AvgIpc) is 3.40. The Morgan fingerprint density at radius 2 is 2.00 bits per heavy atom. The Balaban J connectivity index is 1.51. The summed E-state index contributed by atoms with van der Waals surface area (Å²) in [6.45, 7) is -0.972. The molecule has 0 radical (unpaired) electrons. The number of hydrogen-bond donors (Lipinski definition) is 2. The number of imidazole rings is 1. The van der Waals surface area contributed by atoms with Gasteiger partial charge in [-0.25, -0.2) is 15.0 Å². The molecule has 0 bridgehead atoms. The summed E-state index contributed by atoms with van der Waals surface area (Å²) >= 11 is 0. The van der Waals surface area contributed by atoms with Crippen LogP contribution in [0.1, 0.15) is 34.0 Å². The van der Waals surface area contributed by atoms with Crippen LogP contribution >= 0.6 is 0 Å². The molecule has 0 unspecified atom stereocenters. The molecule has 2 aromatic carbocycles.